The van der Waals surface area contributed by atoms with Crippen LogP contribution < -0.4 is 5.32 Å². The Kier molecular flexibility index (Phi) is 10.4. The molecule has 0 aliphatic carbocycles. The monoisotopic (exact) mass is 336 g/mol. The highest BCUT2D eigenvalue weighted by Crippen LogP contribution is 2.12. The molecule has 112 valence electrons. The topological polar surface area (TPSA) is 68.5 Å². The zero-order chi connectivity index (χ0) is 12.6. The molecule has 0 unspecified atom stereocenters. The van der Waals surface area contributed by atoms with Crippen molar-refractivity contribution in [2.45, 2.75) is 18.1 Å². The van der Waals surface area contributed by atoms with Crippen molar-refractivity contribution in [1.82, 2.24) is 30.5 Å². The van der Waals surface area contributed by atoms with E-state index in [4.69, 9.17) is 0 Å². The van der Waals surface area contributed by atoms with Crippen molar-refractivity contribution >= 4 is 36.6 Å². The predicted octanol–water partition coefficient (Wildman–Crippen LogP) is 1.72. The second-order valence-electron chi connectivity index (χ2n) is 3.83. The van der Waals surface area contributed by atoms with Crippen LogP contribution in [-0.2, 0) is 13.6 Å². The third kappa shape index (κ3) is 6.51. The standard InChI is InChI=1S/C11H16N6S.2ClH/c1-17-11(14-15-16-17)18-7-3-6-13-9-10-4-2-5-12-8-10;;/h2,4-5,8,13H,3,6-7,9H2,1H3;2*1H. The van der Waals surface area contributed by atoms with Gasteiger partial charge in [-0.1, -0.05) is 17.8 Å². The Labute approximate surface area is 134 Å². The van der Waals surface area contributed by atoms with Crippen molar-refractivity contribution in [3.63, 3.8) is 0 Å². The highest BCUT2D eigenvalue weighted by atomic mass is 35.5. The number of aromatic nitrogens is 5. The summed E-state index contributed by atoms with van der Waals surface area (Å²) in [6.45, 7) is 1.84. The molecule has 20 heavy (non-hydrogen) atoms. The molecule has 1 N–H and O–H groups in total. The van der Waals surface area contributed by atoms with Gasteiger partial charge in [-0.3, -0.25) is 4.98 Å². The number of halogens is 2. The van der Waals surface area contributed by atoms with E-state index in [9.17, 15) is 0 Å². The number of hydrogen-bond acceptors (Lipinski definition) is 6. The van der Waals surface area contributed by atoms with Crippen LogP contribution >= 0.6 is 36.6 Å². The van der Waals surface area contributed by atoms with Crippen LogP contribution in [0.25, 0.3) is 0 Å². The van der Waals surface area contributed by atoms with Crippen molar-refractivity contribution < 1.29 is 0 Å². The van der Waals surface area contributed by atoms with E-state index < -0.39 is 0 Å². The lowest BCUT2D eigenvalue weighted by atomic mass is 10.3. The summed E-state index contributed by atoms with van der Waals surface area (Å²) in [5.41, 5.74) is 1.21. The molecular weight excluding hydrogens is 319 g/mol. The molecule has 0 saturated carbocycles. The van der Waals surface area contributed by atoms with Gasteiger partial charge in [0.05, 0.1) is 0 Å². The summed E-state index contributed by atoms with van der Waals surface area (Å²) in [5.74, 6) is 1.01. The first-order valence-corrected chi connectivity index (χ1v) is 6.79. The molecule has 0 bridgehead atoms. The van der Waals surface area contributed by atoms with Crippen LogP contribution in [0.4, 0.5) is 0 Å². The molecule has 9 heteroatoms. The van der Waals surface area contributed by atoms with Gasteiger partial charge in [0.2, 0.25) is 5.16 Å². The third-order valence-electron chi connectivity index (χ3n) is 2.36. The van der Waals surface area contributed by atoms with E-state index >= 15 is 0 Å². The normalized spacial score (nSPS) is 9.65. The molecule has 2 rings (SSSR count). The second-order valence-corrected chi connectivity index (χ2v) is 4.89. The number of tetrazole rings is 1. The van der Waals surface area contributed by atoms with Crippen LogP contribution in [-0.4, -0.2) is 37.5 Å². The van der Waals surface area contributed by atoms with Crippen molar-refractivity contribution in [2.75, 3.05) is 12.3 Å². The Bertz CT molecular complexity index is 467. The van der Waals surface area contributed by atoms with Crippen LogP contribution in [0.5, 0.6) is 0 Å². The van der Waals surface area contributed by atoms with Crippen LogP contribution in [0.1, 0.15) is 12.0 Å². The average Bonchev–Trinajstić information content (AvgIpc) is 2.81. The largest absolute Gasteiger partial charge is 0.313 e. The minimum absolute atomic E-state index is 0. The number of nitrogens with one attached hydrogen (secondary N) is 1. The van der Waals surface area contributed by atoms with Crippen molar-refractivity contribution in [3.8, 4) is 0 Å². The number of rotatable bonds is 7. The van der Waals surface area contributed by atoms with E-state index in [0.29, 0.717) is 0 Å². The number of pyridine rings is 1. The van der Waals surface area contributed by atoms with Crippen LogP contribution in [0, 0.1) is 0 Å². The summed E-state index contributed by atoms with van der Waals surface area (Å²) in [5, 5.41) is 15.5. The Morgan fingerprint density at radius 1 is 1.35 bits per heavy atom. The predicted molar refractivity (Wildman–Crippen MR) is 84.6 cm³/mol. The fourth-order valence-electron chi connectivity index (χ4n) is 1.44. The second kappa shape index (κ2) is 10.8. The van der Waals surface area contributed by atoms with Gasteiger partial charge in [-0.15, -0.1) is 29.9 Å². The number of aryl methyl sites for hydroxylation is 1. The van der Waals surface area contributed by atoms with Crippen LogP contribution in [0.2, 0.25) is 0 Å². The molecule has 2 aromatic heterocycles. The van der Waals surface area contributed by atoms with Gasteiger partial charge in [-0.2, -0.15) is 0 Å². The minimum Gasteiger partial charge on any atom is -0.313 e. The smallest absolute Gasteiger partial charge is 0.209 e. The van der Waals surface area contributed by atoms with Gasteiger partial charge in [0.25, 0.3) is 0 Å². The van der Waals surface area contributed by atoms with Crippen molar-refractivity contribution in [3.05, 3.63) is 30.1 Å². The lowest BCUT2D eigenvalue weighted by Crippen LogP contribution is -2.15. The molecule has 0 atom stereocenters. The third-order valence-corrected chi connectivity index (χ3v) is 3.46. The summed E-state index contributed by atoms with van der Waals surface area (Å²) in [6, 6.07) is 4.02. The van der Waals surface area contributed by atoms with E-state index in [1.54, 1.807) is 22.6 Å². The van der Waals surface area contributed by atoms with Gasteiger partial charge >= 0.3 is 0 Å². The van der Waals surface area contributed by atoms with Gasteiger partial charge in [-0.25, -0.2) is 4.68 Å². The number of nitrogens with zero attached hydrogens (tertiary/aromatic N) is 5. The van der Waals surface area contributed by atoms with Crippen molar-refractivity contribution in [1.29, 1.82) is 0 Å². The zero-order valence-corrected chi connectivity index (χ0v) is 13.5. The first kappa shape index (κ1) is 19.1. The highest BCUT2D eigenvalue weighted by Gasteiger charge is 2.01. The van der Waals surface area contributed by atoms with Crippen LogP contribution in [0.15, 0.2) is 29.7 Å². The first-order chi connectivity index (χ1) is 8.86. The Morgan fingerprint density at radius 2 is 2.20 bits per heavy atom. The fraction of sp³-hybridized carbons (Fsp3) is 0.455. The molecule has 6 nitrogen and oxygen atoms in total. The highest BCUT2D eigenvalue weighted by molar-refractivity contribution is 7.99. The van der Waals surface area contributed by atoms with Gasteiger partial charge in [0.15, 0.2) is 0 Å². The maximum atomic E-state index is 4.07. The number of thioether (sulfide) groups is 1. The average molecular weight is 337 g/mol. The molecule has 0 fully saturated rings. The fourth-order valence-corrected chi connectivity index (χ4v) is 2.23. The maximum absolute atomic E-state index is 4.07. The Hall–Kier alpha value is -0.890. The van der Waals surface area contributed by atoms with E-state index in [1.807, 2.05) is 19.3 Å². The summed E-state index contributed by atoms with van der Waals surface area (Å²) >= 11 is 1.67. The van der Waals surface area contributed by atoms with Gasteiger partial charge in [-0.05, 0) is 35.0 Å². The van der Waals surface area contributed by atoms with Gasteiger partial charge in [0.1, 0.15) is 0 Å². The molecule has 2 aromatic rings. The lowest BCUT2D eigenvalue weighted by Gasteiger charge is -2.03. The Morgan fingerprint density at radius 3 is 2.85 bits per heavy atom. The van der Waals surface area contributed by atoms with Gasteiger partial charge < -0.3 is 5.32 Å². The molecule has 2 heterocycles. The quantitative estimate of drug-likeness (QED) is 0.613. The molecule has 0 aromatic carbocycles. The van der Waals surface area contributed by atoms with Crippen molar-refractivity contribution in [2.24, 2.45) is 7.05 Å². The molecule has 0 saturated heterocycles. The molecule has 0 amide bonds. The van der Waals surface area contributed by atoms with Crippen LogP contribution in [0.3, 0.4) is 0 Å². The summed E-state index contributed by atoms with van der Waals surface area (Å²) in [7, 11) is 1.85. The summed E-state index contributed by atoms with van der Waals surface area (Å²) < 4.78 is 1.69. The molecule has 0 aliphatic rings. The lowest BCUT2D eigenvalue weighted by molar-refractivity contribution is 0.660. The maximum Gasteiger partial charge on any atom is 0.209 e. The van der Waals surface area contributed by atoms with E-state index in [1.165, 1.54) is 5.56 Å². The van der Waals surface area contributed by atoms with E-state index in [-0.39, 0.29) is 24.8 Å². The molecule has 0 aliphatic heterocycles. The Balaban J connectivity index is 0.00000180. The molecular formula is C11H18Cl2N6S. The zero-order valence-electron chi connectivity index (χ0n) is 11.1. The van der Waals surface area contributed by atoms with E-state index in [0.717, 1.165) is 30.4 Å². The molecule has 0 spiro atoms. The summed E-state index contributed by atoms with van der Waals surface area (Å²) in [4.78, 5) is 4.07. The number of hydrogen-bond donors (Lipinski definition) is 1. The van der Waals surface area contributed by atoms with E-state index in [2.05, 4.69) is 31.9 Å². The summed E-state index contributed by atoms with van der Waals surface area (Å²) in [6.07, 6.45) is 4.75. The molecule has 0 radical (unpaired) electrons. The van der Waals surface area contributed by atoms with Gasteiger partial charge in [0, 0.05) is 31.7 Å². The first-order valence-electron chi connectivity index (χ1n) is 5.81. The minimum atomic E-state index is 0. The SMILES string of the molecule is Cl.Cl.Cn1nnnc1SCCCNCc1cccnc1.